The van der Waals surface area contributed by atoms with Gasteiger partial charge in [0.05, 0.1) is 10.2 Å². The van der Waals surface area contributed by atoms with Crippen molar-refractivity contribution < 1.29 is 4.42 Å². The summed E-state index contributed by atoms with van der Waals surface area (Å²) in [7, 11) is 0. The lowest BCUT2D eigenvalue weighted by molar-refractivity contribution is 0.669. The monoisotopic (exact) mass is 553 g/mol. The average Bonchev–Trinajstić information content (AvgIpc) is 3.65. The number of benzene rings is 7. The standard InChI is InChI=1S/C39H23NOS/c1-2-10-24(11-3-1)39-40-33-22-25(19-21-36(33)42-39)37-29-13-4-6-15-31(29)38(32-16-7-5-14-30(32)37)26-18-20-28-27-12-8-9-17-34(27)41-35(28)23-26/h1-23H. The summed E-state index contributed by atoms with van der Waals surface area (Å²) in [6, 6.07) is 49.6. The van der Waals surface area contributed by atoms with E-state index in [2.05, 4.69) is 121 Å². The highest BCUT2D eigenvalue weighted by Crippen LogP contribution is 2.45. The van der Waals surface area contributed by atoms with Gasteiger partial charge in [0.25, 0.3) is 0 Å². The van der Waals surface area contributed by atoms with E-state index in [0.29, 0.717) is 0 Å². The molecular weight excluding hydrogens is 531 g/mol. The van der Waals surface area contributed by atoms with Crippen molar-refractivity contribution in [3.05, 3.63) is 140 Å². The second-order valence-electron chi connectivity index (χ2n) is 10.7. The number of thiazole rings is 1. The fraction of sp³-hybridized carbons (Fsp3) is 0. The first-order chi connectivity index (χ1) is 20.8. The van der Waals surface area contributed by atoms with Crippen LogP contribution in [0.3, 0.4) is 0 Å². The van der Waals surface area contributed by atoms with Crippen molar-refractivity contribution in [3.63, 3.8) is 0 Å². The van der Waals surface area contributed by atoms with E-state index in [4.69, 9.17) is 9.40 Å². The lowest BCUT2D eigenvalue weighted by atomic mass is 9.86. The molecule has 0 saturated carbocycles. The molecule has 9 rings (SSSR count). The molecule has 0 aliphatic carbocycles. The van der Waals surface area contributed by atoms with Crippen LogP contribution >= 0.6 is 11.3 Å². The first-order valence-electron chi connectivity index (χ1n) is 14.1. The Morgan fingerprint density at radius 2 is 0.976 bits per heavy atom. The zero-order chi connectivity index (χ0) is 27.6. The summed E-state index contributed by atoms with van der Waals surface area (Å²) in [6.45, 7) is 0. The minimum atomic E-state index is 0.911. The zero-order valence-corrected chi connectivity index (χ0v) is 23.4. The molecule has 0 unspecified atom stereocenters. The average molecular weight is 554 g/mol. The summed E-state index contributed by atoms with van der Waals surface area (Å²) in [6.07, 6.45) is 0. The van der Waals surface area contributed by atoms with Crippen molar-refractivity contribution in [2.45, 2.75) is 0 Å². The number of furan rings is 1. The van der Waals surface area contributed by atoms with Crippen molar-refractivity contribution in [2.24, 2.45) is 0 Å². The smallest absolute Gasteiger partial charge is 0.136 e. The number of hydrogen-bond donors (Lipinski definition) is 0. The number of nitrogens with zero attached hydrogens (tertiary/aromatic N) is 1. The van der Waals surface area contributed by atoms with E-state index in [1.807, 2.05) is 18.2 Å². The summed E-state index contributed by atoms with van der Waals surface area (Å²) < 4.78 is 7.50. The Labute approximate surface area is 246 Å². The number of rotatable bonds is 3. The Hall–Kier alpha value is -5.25. The molecule has 0 aliphatic heterocycles. The Kier molecular flexibility index (Phi) is 5.10. The molecule has 0 radical (unpaired) electrons. The number of fused-ring (bicyclic) bond motifs is 6. The van der Waals surface area contributed by atoms with E-state index in [1.54, 1.807) is 11.3 Å². The van der Waals surface area contributed by atoms with Gasteiger partial charge in [-0.15, -0.1) is 11.3 Å². The molecule has 2 heterocycles. The Balaban J connectivity index is 1.30. The van der Waals surface area contributed by atoms with Gasteiger partial charge in [0, 0.05) is 16.3 Å². The van der Waals surface area contributed by atoms with Gasteiger partial charge >= 0.3 is 0 Å². The largest absolute Gasteiger partial charge is 0.456 e. The first kappa shape index (κ1) is 23.5. The molecule has 7 aromatic carbocycles. The number of aromatic nitrogens is 1. The maximum Gasteiger partial charge on any atom is 0.136 e. The van der Waals surface area contributed by atoms with Crippen LogP contribution in [0.2, 0.25) is 0 Å². The summed E-state index contributed by atoms with van der Waals surface area (Å²) in [5.41, 5.74) is 8.82. The van der Waals surface area contributed by atoms with Gasteiger partial charge in [-0.25, -0.2) is 4.98 Å². The SMILES string of the molecule is c1ccc(-c2nc3cc(-c4c5ccccc5c(-c5ccc6c(c5)oc5ccccc56)c5ccccc45)ccc3s2)cc1. The minimum absolute atomic E-state index is 0.911. The van der Waals surface area contributed by atoms with Crippen LogP contribution in [-0.2, 0) is 0 Å². The normalized spacial score (nSPS) is 11.8. The van der Waals surface area contributed by atoms with Crippen LogP contribution in [0, 0.1) is 0 Å². The number of hydrogen-bond acceptors (Lipinski definition) is 3. The van der Waals surface area contributed by atoms with Crippen molar-refractivity contribution >= 4 is 65.0 Å². The molecular formula is C39H23NOS. The van der Waals surface area contributed by atoms with Crippen molar-refractivity contribution in [1.82, 2.24) is 4.98 Å². The second kappa shape index (κ2) is 9.13. The maximum absolute atomic E-state index is 6.30. The molecule has 0 aliphatic rings. The van der Waals surface area contributed by atoms with Gasteiger partial charge in [-0.2, -0.15) is 0 Å². The third-order valence-corrected chi connectivity index (χ3v) is 9.38. The summed E-state index contributed by atoms with van der Waals surface area (Å²) in [4.78, 5) is 5.05. The molecule has 9 aromatic rings. The highest BCUT2D eigenvalue weighted by atomic mass is 32.1. The van der Waals surface area contributed by atoms with Gasteiger partial charge in [-0.05, 0) is 74.1 Å². The lowest BCUT2D eigenvalue weighted by Crippen LogP contribution is -1.90. The van der Waals surface area contributed by atoms with Gasteiger partial charge in [0.1, 0.15) is 16.2 Å². The van der Waals surface area contributed by atoms with Gasteiger partial charge < -0.3 is 4.42 Å². The second-order valence-corrected chi connectivity index (χ2v) is 11.7. The van der Waals surface area contributed by atoms with Gasteiger partial charge in [0.15, 0.2) is 0 Å². The van der Waals surface area contributed by atoms with Gasteiger partial charge in [-0.1, -0.05) is 109 Å². The fourth-order valence-corrected chi connectivity index (χ4v) is 7.37. The van der Waals surface area contributed by atoms with E-state index >= 15 is 0 Å². The molecule has 0 spiro atoms. The van der Waals surface area contributed by atoms with Crippen LogP contribution in [0.1, 0.15) is 0 Å². The van der Waals surface area contributed by atoms with E-state index in [-0.39, 0.29) is 0 Å². The van der Waals surface area contributed by atoms with Crippen LogP contribution in [-0.4, -0.2) is 4.98 Å². The molecule has 196 valence electrons. The van der Waals surface area contributed by atoms with E-state index < -0.39 is 0 Å². The summed E-state index contributed by atoms with van der Waals surface area (Å²) in [5, 5.41) is 8.26. The molecule has 3 heteroatoms. The predicted octanol–water partition coefficient (Wildman–Crippen LogP) is 11.5. The Bertz CT molecular complexity index is 2410. The van der Waals surface area contributed by atoms with Gasteiger partial charge in [-0.3, -0.25) is 0 Å². The molecule has 0 fully saturated rings. The Morgan fingerprint density at radius 3 is 1.67 bits per heavy atom. The van der Waals surface area contributed by atoms with Crippen LogP contribution in [0.25, 0.3) is 86.5 Å². The third kappa shape index (κ3) is 3.54. The fourth-order valence-electron chi connectivity index (χ4n) is 6.42. The molecule has 2 aromatic heterocycles. The van der Waals surface area contributed by atoms with Crippen molar-refractivity contribution in [3.8, 4) is 32.8 Å². The zero-order valence-electron chi connectivity index (χ0n) is 22.5. The van der Waals surface area contributed by atoms with Crippen molar-refractivity contribution in [1.29, 1.82) is 0 Å². The predicted molar refractivity (Wildman–Crippen MR) is 178 cm³/mol. The minimum Gasteiger partial charge on any atom is -0.456 e. The summed E-state index contributed by atoms with van der Waals surface area (Å²) >= 11 is 1.74. The lowest BCUT2D eigenvalue weighted by Gasteiger charge is -2.17. The molecule has 0 atom stereocenters. The highest BCUT2D eigenvalue weighted by molar-refractivity contribution is 7.21. The molecule has 0 saturated heterocycles. The number of para-hydroxylation sites is 1. The van der Waals surface area contributed by atoms with E-state index in [9.17, 15) is 0 Å². The highest BCUT2D eigenvalue weighted by Gasteiger charge is 2.18. The first-order valence-corrected chi connectivity index (χ1v) is 14.9. The van der Waals surface area contributed by atoms with Crippen molar-refractivity contribution in [2.75, 3.05) is 0 Å². The topological polar surface area (TPSA) is 26.0 Å². The van der Waals surface area contributed by atoms with Crippen LogP contribution in [0.4, 0.5) is 0 Å². The molecule has 2 nitrogen and oxygen atoms in total. The molecule has 0 amide bonds. The van der Waals surface area contributed by atoms with E-state index in [1.165, 1.54) is 42.9 Å². The summed E-state index contributed by atoms with van der Waals surface area (Å²) in [5.74, 6) is 0. The molecule has 0 N–H and O–H groups in total. The third-order valence-electron chi connectivity index (χ3n) is 8.30. The quantitative estimate of drug-likeness (QED) is 0.203. The van der Waals surface area contributed by atoms with Crippen LogP contribution in [0.5, 0.6) is 0 Å². The van der Waals surface area contributed by atoms with Gasteiger partial charge in [0.2, 0.25) is 0 Å². The van der Waals surface area contributed by atoms with Crippen LogP contribution in [0.15, 0.2) is 144 Å². The van der Waals surface area contributed by atoms with E-state index in [0.717, 1.165) is 43.6 Å². The molecule has 42 heavy (non-hydrogen) atoms. The molecule has 0 bridgehead atoms. The van der Waals surface area contributed by atoms with Crippen LogP contribution < -0.4 is 0 Å². The maximum atomic E-state index is 6.30. The Morgan fingerprint density at radius 1 is 0.429 bits per heavy atom.